The average molecular weight is 246 g/mol. The molecule has 0 aliphatic rings. The summed E-state index contributed by atoms with van der Waals surface area (Å²) in [4.78, 5) is 0. The van der Waals surface area contributed by atoms with E-state index in [2.05, 4.69) is 0 Å². The van der Waals surface area contributed by atoms with Gasteiger partial charge in [-0.05, 0) is 6.07 Å². The van der Waals surface area contributed by atoms with Crippen LogP contribution >= 0.6 is 11.6 Å². The highest BCUT2D eigenvalue weighted by Crippen LogP contribution is 2.38. The third-order valence-electron chi connectivity index (χ3n) is 2.01. The number of rotatable bonds is 4. The Bertz CT molecular complexity index is 407. The second-order valence-corrected chi connectivity index (χ2v) is 3.35. The molecule has 3 nitrogen and oxygen atoms in total. The van der Waals surface area contributed by atoms with E-state index in [1.165, 1.54) is 20.3 Å². The summed E-state index contributed by atoms with van der Waals surface area (Å²) in [6.07, 6.45) is 3.17. The average Bonchev–Trinajstić information content (AvgIpc) is 2.30. The summed E-state index contributed by atoms with van der Waals surface area (Å²) in [5.41, 5.74) is 5.61. The number of methoxy groups -OCH3 is 2. The molecule has 16 heavy (non-hydrogen) atoms. The van der Waals surface area contributed by atoms with Gasteiger partial charge in [-0.3, -0.25) is 0 Å². The molecular formula is C11H13ClFNO2. The maximum Gasteiger partial charge on any atom is 0.182 e. The zero-order chi connectivity index (χ0) is 12.1. The van der Waals surface area contributed by atoms with E-state index in [9.17, 15) is 4.39 Å². The highest BCUT2D eigenvalue weighted by atomic mass is 35.5. The first-order chi connectivity index (χ1) is 7.65. The van der Waals surface area contributed by atoms with Crippen molar-refractivity contribution in [2.24, 2.45) is 5.73 Å². The molecule has 0 saturated carbocycles. The van der Waals surface area contributed by atoms with Crippen LogP contribution in [0.1, 0.15) is 5.56 Å². The van der Waals surface area contributed by atoms with E-state index in [-0.39, 0.29) is 10.8 Å². The lowest BCUT2D eigenvalue weighted by atomic mass is 10.1. The van der Waals surface area contributed by atoms with Gasteiger partial charge in [0.2, 0.25) is 0 Å². The molecule has 0 atom stereocenters. The van der Waals surface area contributed by atoms with Crippen LogP contribution in [0.2, 0.25) is 5.02 Å². The van der Waals surface area contributed by atoms with E-state index in [4.69, 9.17) is 26.8 Å². The third-order valence-corrected chi connectivity index (χ3v) is 2.35. The molecule has 0 aliphatic heterocycles. The molecule has 88 valence electrons. The van der Waals surface area contributed by atoms with Gasteiger partial charge in [0.25, 0.3) is 0 Å². The van der Waals surface area contributed by atoms with Crippen molar-refractivity contribution in [2.45, 2.75) is 0 Å². The van der Waals surface area contributed by atoms with Gasteiger partial charge in [0, 0.05) is 12.1 Å². The minimum Gasteiger partial charge on any atom is -0.493 e. The van der Waals surface area contributed by atoms with Gasteiger partial charge in [-0.25, -0.2) is 4.39 Å². The van der Waals surface area contributed by atoms with Crippen molar-refractivity contribution in [2.75, 3.05) is 20.8 Å². The molecule has 1 aromatic carbocycles. The maximum atomic E-state index is 13.7. The van der Waals surface area contributed by atoms with E-state index in [1.54, 1.807) is 12.2 Å². The van der Waals surface area contributed by atoms with Gasteiger partial charge in [-0.15, -0.1) is 0 Å². The van der Waals surface area contributed by atoms with Gasteiger partial charge in [0.1, 0.15) is 5.02 Å². The maximum absolute atomic E-state index is 13.7. The molecule has 0 bridgehead atoms. The normalized spacial score (nSPS) is 10.8. The Kier molecular flexibility index (Phi) is 4.58. The first kappa shape index (κ1) is 12.8. The first-order valence-corrected chi connectivity index (χ1v) is 5.00. The Labute approximate surface area is 98.6 Å². The van der Waals surface area contributed by atoms with Crippen molar-refractivity contribution >= 4 is 17.7 Å². The van der Waals surface area contributed by atoms with Crippen molar-refractivity contribution in [3.8, 4) is 11.5 Å². The summed E-state index contributed by atoms with van der Waals surface area (Å²) in [5, 5.41) is -0.0986. The molecule has 2 N–H and O–H groups in total. The van der Waals surface area contributed by atoms with Crippen molar-refractivity contribution in [3.63, 3.8) is 0 Å². The molecule has 0 fully saturated rings. The van der Waals surface area contributed by atoms with Gasteiger partial charge in [0.15, 0.2) is 17.3 Å². The summed E-state index contributed by atoms with van der Waals surface area (Å²) < 4.78 is 23.7. The number of ether oxygens (including phenoxy) is 2. The predicted octanol–water partition coefficient (Wildman–Crippen LogP) is 2.47. The number of halogens is 2. The molecule has 0 aliphatic carbocycles. The van der Waals surface area contributed by atoms with E-state index in [0.29, 0.717) is 17.9 Å². The van der Waals surface area contributed by atoms with E-state index in [0.717, 1.165) is 0 Å². The Hall–Kier alpha value is -1.26. The molecule has 1 rings (SSSR count). The summed E-state index contributed by atoms with van der Waals surface area (Å²) >= 11 is 5.82. The van der Waals surface area contributed by atoms with Gasteiger partial charge in [-0.1, -0.05) is 23.8 Å². The van der Waals surface area contributed by atoms with Gasteiger partial charge < -0.3 is 15.2 Å². The van der Waals surface area contributed by atoms with E-state index >= 15 is 0 Å². The zero-order valence-corrected chi connectivity index (χ0v) is 9.84. The molecule has 0 amide bonds. The lowest BCUT2D eigenvalue weighted by Gasteiger charge is -2.11. The Morgan fingerprint density at radius 1 is 1.44 bits per heavy atom. The topological polar surface area (TPSA) is 44.5 Å². The standard InChI is InChI=1S/C11H13ClFNO2/c1-15-8-6-7(4-3-5-14)10(13)9(12)11(8)16-2/h3-4,6H,5,14H2,1-2H3/b4-3+. The minimum absolute atomic E-state index is 0.0986. The molecule has 0 heterocycles. The highest BCUT2D eigenvalue weighted by molar-refractivity contribution is 6.32. The van der Waals surface area contributed by atoms with E-state index in [1.807, 2.05) is 0 Å². The van der Waals surface area contributed by atoms with Crippen molar-refractivity contribution < 1.29 is 13.9 Å². The summed E-state index contributed by atoms with van der Waals surface area (Å²) in [6, 6.07) is 1.51. The fraction of sp³-hybridized carbons (Fsp3) is 0.273. The lowest BCUT2D eigenvalue weighted by molar-refractivity contribution is 0.352. The van der Waals surface area contributed by atoms with Crippen LogP contribution < -0.4 is 15.2 Å². The van der Waals surface area contributed by atoms with Crippen molar-refractivity contribution in [1.29, 1.82) is 0 Å². The van der Waals surface area contributed by atoms with Crippen LogP contribution in [0.25, 0.3) is 6.08 Å². The number of hydrogen-bond donors (Lipinski definition) is 1. The fourth-order valence-electron chi connectivity index (χ4n) is 1.26. The second kappa shape index (κ2) is 5.72. The fourth-order valence-corrected chi connectivity index (χ4v) is 1.54. The van der Waals surface area contributed by atoms with Crippen LogP contribution in [-0.2, 0) is 0 Å². The molecule has 1 aromatic rings. The molecule has 0 radical (unpaired) electrons. The third kappa shape index (κ3) is 2.46. The first-order valence-electron chi connectivity index (χ1n) is 4.62. The minimum atomic E-state index is -0.552. The Morgan fingerprint density at radius 2 is 2.12 bits per heavy atom. The van der Waals surface area contributed by atoms with Crippen molar-refractivity contribution in [1.82, 2.24) is 0 Å². The summed E-state index contributed by atoms with van der Waals surface area (Å²) in [6.45, 7) is 0.325. The number of nitrogens with two attached hydrogens (primary N) is 1. The van der Waals surface area contributed by atoms with Crippen molar-refractivity contribution in [3.05, 3.63) is 28.5 Å². The van der Waals surface area contributed by atoms with Crippen LogP contribution in [-0.4, -0.2) is 20.8 Å². The van der Waals surface area contributed by atoms with Gasteiger partial charge >= 0.3 is 0 Å². The molecular weight excluding hydrogens is 233 g/mol. The Balaban J connectivity index is 3.32. The summed E-state index contributed by atoms with van der Waals surface area (Å²) in [7, 11) is 2.86. The predicted molar refractivity (Wildman–Crippen MR) is 62.6 cm³/mol. The lowest BCUT2D eigenvalue weighted by Crippen LogP contribution is -1.97. The number of benzene rings is 1. The largest absolute Gasteiger partial charge is 0.493 e. The quantitative estimate of drug-likeness (QED) is 0.886. The smallest absolute Gasteiger partial charge is 0.182 e. The molecule has 0 unspecified atom stereocenters. The molecule has 0 aromatic heterocycles. The highest BCUT2D eigenvalue weighted by Gasteiger charge is 2.16. The van der Waals surface area contributed by atoms with Gasteiger partial charge in [-0.2, -0.15) is 0 Å². The van der Waals surface area contributed by atoms with Crippen LogP contribution in [0, 0.1) is 5.82 Å². The van der Waals surface area contributed by atoms with Crippen LogP contribution in [0.4, 0.5) is 4.39 Å². The van der Waals surface area contributed by atoms with Gasteiger partial charge in [0.05, 0.1) is 14.2 Å². The molecule has 0 saturated heterocycles. The number of hydrogen-bond acceptors (Lipinski definition) is 3. The monoisotopic (exact) mass is 245 g/mol. The second-order valence-electron chi connectivity index (χ2n) is 2.97. The molecule has 0 spiro atoms. The van der Waals surface area contributed by atoms with Crippen LogP contribution in [0.3, 0.4) is 0 Å². The van der Waals surface area contributed by atoms with Crippen LogP contribution in [0.5, 0.6) is 11.5 Å². The van der Waals surface area contributed by atoms with E-state index < -0.39 is 5.82 Å². The summed E-state index contributed by atoms with van der Waals surface area (Å²) in [5.74, 6) is 0.0150. The Morgan fingerprint density at radius 3 is 2.62 bits per heavy atom. The SMILES string of the molecule is COc1cc(/C=C/CN)c(F)c(Cl)c1OC. The molecule has 5 heteroatoms. The van der Waals surface area contributed by atoms with Crippen LogP contribution in [0.15, 0.2) is 12.1 Å². The zero-order valence-electron chi connectivity index (χ0n) is 9.09.